The lowest BCUT2D eigenvalue weighted by Crippen LogP contribution is -2.26. The molecule has 0 amide bonds. The van der Waals surface area contributed by atoms with E-state index < -0.39 is 6.10 Å². The van der Waals surface area contributed by atoms with E-state index in [0.29, 0.717) is 11.5 Å². The average molecular weight is 252 g/mol. The molecule has 100 valence electrons. The minimum Gasteiger partial charge on any atom is -0.497 e. The third kappa shape index (κ3) is 2.76. The van der Waals surface area contributed by atoms with Gasteiger partial charge in [0, 0.05) is 18.2 Å². The fourth-order valence-electron chi connectivity index (χ4n) is 2.28. The van der Waals surface area contributed by atoms with E-state index in [0.717, 1.165) is 31.4 Å². The van der Waals surface area contributed by atoms with Crippen LogP contribution in [0.2, 0.25) is 0 Å². The largest absolute Gasteiger partial charge is 0.497 e. The molecule has 2 unspecified atom stereocenters. The van der Waals surface area contributed by atoms with E-state index in [1.165, 1.54) is 0 Å². The highest BCUT2D eigenvalue weighted by Gasteiger charge is 2.26. The predicted molar refractivity (Wildman–Crippen MR) is 68.1 cm³/mol. The highest BCUT2D eigenvalue weighted by atomic mass is 16.5. The molecular formula is C14H20O4. The van der Waals surface area contributed by atoms with E-state index in [2.05, 4.69) is 0 Å². The van der Waals surface area contributed by atoms with Crippen LogP contribution in [-0.4, -0.2) is 32.0 Å². The quantitative estimate of drug-likeness (QED) is 0.893. The molecule has 1 aliphatic heterocycles. The summed E-state index contributed by atoms with van der Waals surface area (Å²) >= 11 is 0. The third-order valence-corrected chi connectivity index (χ3v) is 3.33. The number of benzene rings is 1. The van der Waals surface area contributed by atoms with Crippen LogP contribution in [0.4, 0.5) is 0 Å². The first-order valence-corrected chi connectivity index (χ1v) is 6.28. The second-order valence-corrected chi connectivity index (χ2v) is 4.46. The van der Waals surface area contributed by atoms with E-state index in [9.17, 15) is 5.11 Å². The molecule has 0 aliphatic carbocycles. The zero-order chi connectivity index (χ0) is 13.0. The number of hydrogen-bond acceptors (Lipinski definition) is 4. The van der Waals surface area contributed by atoms with Gasteiger partial charge in [0.05, 0.1) is 20.3 Å². The van der Waals surface area contributed by atoms with Gasteiger partial charge >= 0.3 is 0 Å². The van der Waals surface area contributed by atoms with Gasteiger partial charge in [-0.3, -0.25) is 0 Å². The third-order valence-electron chi connectivity index (χ3n) is 3.33. The van der Waals surface area contributed by atoms with E-state index >= 15 is 0 Å². The second kappa shape index (κ2) is 6.07. The summed E-state index contributed by atoms with van der Waals surface area (Å²) in [5.41, 5.74) is 0.755. The Morgan fingerprint density at radius 2 is 2.11 bits per heavy atom. The van der Waals surface area contributed by atoms with Gasteiger partial charge in [0.2, 0.25) is 0 Å². The molecule has 1 saturated heterocycles. The molecule has 1 aliphatic rings. The first kappa shape index (κ1) is 13.2. The van der Waals surface area contributed by atoms with Crippen molar-refractivity contribution in [1.29, 1.82) is 0 Å². The zero-order valence-corrected chi connectivity index (χ0v) is 10.9. The van der Waals surface area contributed by atoms with Gasteiger partial charge in [-0.1, -0.05) is 0 Å². The van der Waals surface area contributed by atoms with Crippen LogP contribution in [0.5, 0.6) is 11.5 Å². The summed E-state index contributed by atoms with van der Waals surface area (Å²) in [4.78, 5) is 0. The minimum absolute atomic E-state index is 0.138. The Bertz CT molecular complexity index is 385. The number of ether oxygens (including phenoxy) is 3. The standard InChI is InChI=1S/C14H20O4/c1-16-10-6-7-11(13(9-10)17-2)14(15)12-5-3-4-8-18-12/h6-7,9,12,14-15H,3-5,8H2,1-2H3. The highest BCUT2D eigenvalue weighted by molar-refractivity contribution is 5.42. The van der Waals surface area contributed by atoms with Crippen LogP contribution in [0.3, 0.4) is 0 Å². The topological polar surface area (TPSA) is 47.9 Å². The van der Waals surface area contributed by atoms with Crippen molar-refractivity contribution in [2.24, 2.45) is 0 Å². The van der Waals surface area contributed by atoms with Gasteiger partial charge in [0.1, 0.15) is 17.6 Å². The molecule has 1 aromatic rings. The number of rotatable bonds is 4. The molecule has 1 fully saturated rings. The summed E-state index contributed by atoms with van der Waals surface area (Å²) in [6.07, 6.45) is 2.27. The lowest BCUT2D eigenvalue weighted by molar-refractivity contribution is -0.0639. The van der Waals surface area contributed by atoms with Gasteiger partial charge in [-0.25, -0.2) is 0 Å². The summed E-state index contributed by atoms with van der Waals surface area (Å²) in [5, 5.41) is 10.4. The molecule has 4 nitrogen and oxygen atoms in total. The van der Waals surface area contributed by atoms with E-state index in [4.69, 9.17) is 14.2 Å². The van der Waals surface area contributed by atoms with Crippen LogP contribution in [-0.2, 0) is 4.74 Å². The van der Waals surface area contributed by atoms with Gasteiger partial charge in [0.25, 0.3) is 0 Å². The van der Waals surface area contributed by atoms with Crippen LogP contribution in [0.15, 0.2) is 18.2 Å². The Morgan fingerprint density at radius 1 is 1.28 bits per heavy atom. The normalized spacial score (nSPS) is 21.4. The Morgan fingerprint density at radius 3 is 2.72 bits per heavy atom. The molecule has 18 heavy (non-hydrogen) atoms. The fourth-order valence-corrected chi connectivity index (χ4v) is 2.28. The Balaban J connectivity index is 2.20. The maximum Gasteiger partial charge on any atom is 0.128 e. The smallest absolute Gasteiger partial charge is 0.128 e. The molecule has 0 aromatic heterocycles. The Hall–Kier alpha value is -1.26. The van der Waals surface area contributed by atoms with Gasteiger partial charge in [-0.15, -0.1) is 0 Å². The molecule has 2 rings (SSSR count). The van der Waals surface area contributed by atoms with Crippen molar-refractivity contribution >= 4 is 0 Å². The maximum atomic E-state index is 10.4. The van der Waals surface area contributed by atoms with Crippen molar-refractivity contribution in [3.63, 3.8) is 0 Å². The molecule has 0 bridgehead atoms. The van der Waals surface area contributed by atoms with Crippen molar-refractivity contribution in [3.8, 4) is 11.5 Å². The predicted octanol–water partition coefficient (Wildman–Crippen LogP) is 2.31. The van der Waals surface area contributed by atoms with Gasteiger partial charge in [-0.05, 0) is 31.4 Å². The van der Waals surface area contributed by atoms with Crippen molar-refractivity contribution in [3.05, 3.63) is 23.8 Å². The van der Waals surface area contributed by atoms with Crippen molar-refractivity contribution < 1.29 is 19.3 Å². The molecule has 4 heteroatoms. The van der Waals surface area contributed by atoms with Crippen molar-refractivity contribution in [2.45, 2.75) is 31.5 Å². The van der Waals surface area contributed by atoms with E-state index in [-0.39, 0.29) is 6.10 Å². The summed E-state index contributed by atoms with van der Waals surface area (Å²) in [5.74, 6) is 1.35. The number of methoxy groups -OCH3 is 2. The van der Waals surface area contributed by atoms with Crippen LogP contribution < -0.4 is 9.47 Å². The van der Waals surface area contributed by atoms with Crippen LogP contribution in [0.1, 0.15) is 30.9 Å². The molecule has 1 heterocycles. The first-order valence-electron chi connectivity index (χ1n) is 6.28. The van der Waals surface area contributed by atoms with Crippen LogP contribution in [0.25, 0.3) is 0 Å². The van der Waals surface area contributed by atoms with Gasteiger partial charge in [-0.2, -0.15) is 0 Å². The van der Waals surface area contributed by atoms with Crippen LogP contribution in [0, 0.1) is 0 Å². The maximum absolute atomic E-state index is 10.4. The number of hydrogen-bond donors (Lipinski definition) is 1. The minimum atomic E-state index is -0.647. The van der Waals surface area contributed by atoms with Crippen molar-refractivity contribution in [2.75, 3.05) is 20.8 Å². The SMILES string of the molecule is COc1ccc(C(O)C2CCCCO2)c(OC)c1. The van der Waals surface area contributed by atoms with Gasteiger partial charge < -0.3 is 19.3 Å². The first-order chi connectivity index (χ1) is 8.76. The highest BCUT2D eigenvalue weighted by Crippen LogP contribution is 2.34. The summed E-state index contributed by atoms with van der Waals surface area (Å²) in [7, 11) is 3.20. The van der Waals surface area contributed by atoms with Gasteiger partial charge in [0.15, 0.2) is 0 Å². The van der Waals surface area contributed by atoms with Crippen molar-refractivity contribution in [1.82, 2.24) is 0 Å². The summed E-state index contributed by atoms with van der Waals surface area (Å²) < 4.78 is 16.1. The summed E-state index contributed by atoms with van der Waals surface area (Å²) in [6.45, 7) is 0.722. The molecule has 1 N–H and O–H groups in total. The Labute approximate surface area is 107 Å². The van der Waals surface area contributed by atoms with E-state index in [1.807, 2.05) is 12.1 Å². The molecule has 2 atom stereocenters. The number of aliphatic hydroxyl groups is 1. The van der Waals surface area contributed by atoms with Crippen LogP contribution >= 0.6 is 0 Å². The molecule has 0 radical (unpaired) electrons. The summed E-state index contributed by atoms with van der Waals surface area (Å²) in [6, 6.07) is 5.44. The lowest BCUT2D eigenvalue weighted by atomic mass is 9.97. The monoisotopic (exact) mass is 252 g/mol. The zero-order valence-electron chi connectivity index (χ0n) is 10.9. The average Bonchev–Trinajstić information content (AvgIpc) is 2.46. The molecule has 0 saturated carbocycles. The molecule has 1 aromatic carbocycles. The molecular weight excluding hydrogens is 232 g/mol. The number of aliphatic hydroxyl groups excluding tert-OH is 1. The second-order valence-electron chi connectivity index (χ2n) is 4.46. The lowest BCUT2D eigenvalue weighted by Gasteiger charge is -2.28. The van der Waals surface area contributed by atoms with E-state index in [1.54, 1.807) is 20.3 Å². The fraction of sp³-hybridized carbons (Fsp3) is 0.571. The molecule has 0 spiro atoms. The Kier molecular flexibility index (Phi) is 4.44.